The van der Waals surface area contributed by atoms with Crippen LogP contribution in [0.1, 0.15) is 37.0 Å². The van der Waals surface area contributed by atoms with Gasteiger partial charge < -0.3 is 13.9 Å². The summed E-state index contributed by atoms with van der Waals surface area (Å²) in [6.45, 7) is 5.42. The average Bonchev–Trinajstić information content (AvgIpc) is 3.32. The number of pyridine rings is 1. The molecule has 4 rings (SSSR count). The Kier molecular flexibility index (Phi) is 5.68. The minimum Gasteiger partial charge on any atom is -0.468 e. The summed E-state index contributed by atoms with van der Waals surface area (Å²) in [5.41, 5.74) is 1.25. The zero-order valence-corrected chi connectivity index (χ0v) is 15.3. The van der Waals surface area contributed by atoms with Crippen LogP contribution in [0.3, 0.4) is 0 Å². The summed E-state index contributed by atoms with van der Waals surface area (Å²) in [7, 11) is 0. The van der Waals surface area contributed by atoms with Crippen molar-refractivity contribution >= 4 is 0 Å². The van der Waals surface area contributed by atoms with Gasteiger partial charge in [0.25, 0.3) is 0 Å². The van der Waals surface area contributed by atoms with Gasteiger partial charge in [-0.15, -0.1) is 0 Å². The maximum absolute atomic E-state index is 6.28. The number of aromatic nitrogens is 1. The molecule has 2 aliphatic heterocycles. The van der Waals surface area contributed by atoms with E-state index in [1.54, 1.807) is 6.26 Å². The lowest BCUT2D eigenvalue weighted by Crippen LogP contribution is -2.47. The van der Waals surface area contributed by atoms with Crippen LogP contribution in [0.4, 0.5) is 0 Å². The number of likely N-dealkylation sites (tertiary alicyclic amines) is 1. The molecule has 140 valence electrons. The highest BCUT2D eigenvalue weighted by Crippen LogP contribution is 2.42. The van der Waals surface area contributed by atoms with Crippen LogP contribution < -0.4 is 0 Å². The first kappa shape index (κ1) is 17.7. The Morgan fingerprint density at radius 1 is 1.19 bits per heavy atom. The van der Waals surface area contributed by atoms with Gasteiger partial charge in [0, 0.05) is 38.7 Å². The molecule has 2 saturated heterocycles. The smallest absolute Gasteiger partial charge is 0.117 e. The highest BCUT2D eigenvalue weighted by atomic mass is 16.5. The topological polar surface area (TPSA) is 47.7 Å². The van der Waals surface area contributed by atoms with Crippen molar-refractivity contribution in [2.75, 3.05) is 26.3 Å². The van der Waals surface area contributed by atoms with Crippen LogP contribution in [0.5, 0.6) is 0 Å². The van der Waals surface area contributed by atoms with E-state index < -0.39 is 0 Å². The van der Waals surface area contributed by atoms with Crippen LogP contribution in [0, 0.1) is 5.92 Å². The summed E-state index contributed by atoms with van der Waals surface area (Å²) >= 11 is 0. The molecule has 26 heavy (non-hydrogen) atoms. The number of hydrogen-bond acceptors (Lipinski definition) is 5. The first-order valence-corrected chi connectivity index (χ1v) is 9.69. The lowest BCUT2D eigenvalue weighted by atomic mass is 9.78. The van der Waals surface area contributed by atoms with Crippen LogP contribution in [0.15, 0.2) is 47.3 Å². The van der Waals surface area contributed by atoms with E-state index >= 15 is 0 Å². The van der Waals surface area contributed by atoms with Crippen molar-refractivity contribution in [2.45, 2.75) is 44.4 Å². The lowest BCUT2D eigenvalue weighted by molar-refractivity contribution is -0.0740. The van der Waals surface area contributed by atoms with Crippen molar-refractivity contribution in [3.63, 3.8) is 0 Å². The fraction of sp³-hybridized carbons (Fsp3) is 0.571. The molecular weight excluding hydrogens is 328 g/mol. The van der Waals surface area contributed by atoms with Crippen molar-refractivity contribution in [1.82, 2.24) is 9.88 Å². The Labute approximate surface area is 155 Å². The zero-order valence-electron chi connectivity index (χ0n) is 15.3. The van der Waals surface area contributed by atoms with E-state index in [1.807, 2.05) is 30.6 Å². The van der Waals surface area contributed by atoms with Crippen LogP contribution in [0.2, 0.25) is 0 Å². The molecule has 2 aromatic rings. The molecule has 0 amide bonds. The average molecular weight is 356 g/mol. The van der Waals surface area contributed by atoms with E-state index in [-0.39, 0.29) is 5.60 Å². The normalized spacial score (nSPS) is 22.8. The molecule has 1 unspecified atom stereocenters. The van der Waals surface area contributed by atoms with Gasteiger partial charge in [0.15, 0.2) is 0 Å². The van der Waals surface area contributed by atoms with Gasteiger partial charge in [0.1, 0.15) is 5.76 Å². The first-order valence-electron chi connectivity index (χ1n) is 9.69. The monoisotopic (exact) mass is 356 g/mol. The van der Waals surface area contributed by atoms with Gasteiger partial charge in [-0.2, -0.15) is 0 Å². The quantitative estimate of drug-likeness (QED) is 0.709. The molecule has 2 fully saturated rings. The summed E-state index contributed by atoms with van der Waals surface area (Å²) in [4.78, 5) is 6.52. The number of piperidine rings is 1. The van der Waals surface area contributed by atoms with E-state index in [4.69, 9.17) is 13.9 Å². The number of nitrogens with zero attached hydrogens (tertiary/aromatic N) is 2. The van der Waals surface area contributed by atoms with E-state index in [0.717, 1.165) is 64.3 Å². The standard InChI is InChI=1S/C21H28N2O3/c1-2-20(25-13-1)16-23-11-7-21(8-12-23)19(6-15-26-21)5-14-24-17-18-3-9-22-10-4-18/h1-4,9-10,13,19H,5-8,11-12,14-17H2. The second kappa shape index (κ2) is 8.33. The molecule has 0 aliphatic carbocycles. The Bertz CT molecular complexity index is 651. The maximum atomic E-state index is 6.28. The zero-order chi connectivity index (χ0) is 17.7. The minimum absolute atomic E-state index is 0.0691. The molecule has 1 spiro atoms. The van der Waals surface area contributed by atoms with Gasteiger partial charge in [0.2, 0.25) is 0 Å². The maximum Gasteiger partial charge on any atom is 0.117 e. The van der Waals surface area contributed by atoms with E-state index in [0.29, 0.717) is 12.5 Å². The summed E-state index contributed by atoms with van der Waals surface area (Å²) in [6, 6.07) is 8.03. The Hall–Kier alpha value is -1.69. The fourth-order valence-electron chi connectivity index (χ4n) is 4.35. The van der Waals surface area contributed by atoms with E-state index in [2.05, 4.69) is 16.0 Å². The number of furan rings is 1. The fourth-order valence-corrected chi connectivity index (χ4v) is 4.35. The third kappa shape index (κ3) is 4.17. The van der Waals surface area contributed by atoms with Crippen molar-refractivity contribution in [2.24, 2.45) is 5.92 Å². The largest absolute Gasteiger partial charge is 0.468 e. The van der Waals surface area contributed by atoms with Gasteiger partial charge in [-0.1, -0.05) is 0 Å². The Balaban J connectivity index is 1.23. The molecule has 0 N–H and O–H groups in total. The number of hydrogen-bond donors (Lipinski definition) is 0. The van der Waals surface area contributed by atoms with Crippen LogP contribution >= 0.6 is 0 Å². The molecule has 0 bridgehead atoms. The molecule has 5 nitrogen and oxygen atoms in total. The predicted octanol–water partition coefficient (Wildman–Crippen LogP) is 3.65. The van der Waals surface area contributed by atoms with Crippen molar-refractivity contribution in [1.29, 1.82) is 0 Å². The number of ether oxygens (including phenoxy) is 2. The summed E-state index contributed by atoms with van der Waals surface area (Å²) in [5, 5.41) is 0. The van der Waals surface area contributed by atoms with E-state index in [1.165, 1.54) is 5.56 Å². The summed E-state index contributed by atoms with van der Waals surface area (Å²) in [6.07, 6.45) is 9.86. The Morgan fingerprint density at radius 2 is 2.04 bits per heavy atom. The van der Waals surface area contributed by atoms with Crippen LogP contribution in [0.25, 0.3) is 0 Å². The van der Waals surface area contributed by atoms with E-state index in [9.17, 15) is 0 Å². The molecule has 4 heterocycles. The molecule has 1 atom stereocenters. The van der Waals surface area contributed by atoms with Crippen LogP contribution in [-0.4, -0.2) is 41.8 Å². The first-order chi connectivity index (χ1) is 12.8. The van der Waals surface area contributed by atoms with Gasteiger partial charge >= 0.3 is 0 Å². The number of rotatable bonds is 7. The highest BCUT2D eigenvalue weighted by molar-refractivity contribution is 5.08. The summed E-state index contributed by atoms with van der Waals surface area (Å²) < 4.78 is 17.7. The lowest BCUT2D eigenvalue weighted by Gasteiger charge is -2.42. The summed E-state index contributed by atoms with van der Waals surface area (Å²) in [5.74, 6) is 1.67. The predicted molar refractivity (Wildman–Crippen MR) is 98.5 cm³/mol. The molecule has 0 aromatic carbocycles. The van der Waals surface area contributed by atoms with Crippen molar-refractivity contribution in [3.8, 4) is 0 Å². The van der Waals surface area contributed by atoms with Crippen molar-refractivity contribution < 1.29 is 13.9 Å². The van der Waals surface area contributed by atoms with Gasteiger partial charge in [-0.05, 0) is 61.4 Å². The van der Waals surface area contributed by atoms with Crippen molar-refractivity contribution in [3.05, 3.63) is 54.2 Å². The van der Waals surface area contributed by atoms with Gasteiger partial charge in [0.05, 0.1) is 25.0 Å². The molecule has 2 aromatic heterocycles. The molecule has 0 radical (unpaired) electrons. The molecule has 5 heteroatoms. The molecule has 2 aliphatic rings. The van der Waals surface area contributed by atoms with Crippen LogP contribution in [-0.2, 0) is 22.6 Å². The van der Waals surface area contributed by atoms with Gasteiger partial charge in [-0.25, -0.2) is 0 Å². The van der Waals surface area contributed by atoms with Gasteiger partial charge in [-0.3, -0.25) is 9.88 Å². The molecule has 0 saturated carbocycles. The minimum atomic E-state index is 0.0691. The highest BCUT2D eigenvalue weighted by Gasteiger charge is 2.45. The second-order valence-electron chi connectivity index (χ2n) is 7.45. The third-order valence-corrected chi connectivity index (χ3v) is 5.89. The third-order valence-electron chi connectivity index (χ3n) is 5.89. The second-order valence-corrected chi connectivity index (χ2v) is 7.45. The molecular formula is C21H28N2O3. The Morgan fingerprint density at radius 3 is 2.81 bits per heavy atom. The SMILES string of the molecule is c1coc(CN2CCC3(CC2)OCCC3CCOCc2ccncc2)c1.